The Hall–Kier alpha value is -5.08. The van der Waals surface area contributed by atoms with Gasteiger partial charge in [0.15, 0.2) is 0 Å². The molecule has 7 aromatic rings. The van der Waals surface area contributed by atoms with Gasteiger partial charge in [0, 0.05) is 16.5 Å². The smallest absolute Gasteiger partial charge is 0.137 e. The predicted octanol–water partition coefficient (Wildman–Crippen LogP) is 14.8. The first-order chi connectivity index (χ1) is 27.2. The first-order valence-electron chi connectivity index (χ1n) is 21.4. The third-order valence-electron chi connectivity index (χ3n) is 15.7. The molecule has 1 spiro atoms. The number of fused-ring (bicyclic) bond motifs is 7. The summed E-state index contributed by atoms with van der Waals surface area (Å²) in [6.07, 6.45) is 9.45. The number of benzene rings is 6. The zero-order valence-electron chi connectivity index (χ0n) is 33.2. The van der Waals surface area contributed by atoms with Crippen molar-refractivity contribution in [3.8, 4) is 22.3 Å². The summed E-state index contributed by atoms with van der Waals surface area (Å²) in [5.74, 6) is 3.41. The second kappa shape index (κ2) is 11.5. The summed E-state index contributed by atoms with van der Waals surface area (Å²) >= 11 is 0. The van der Waals surface area contributed by atoms with Gasteiger partial charge in [-0.1, -0.05) is 119 Å². The molecule has 13 rings (SSSR count). The minimum Gasteiger partial charge on any atom is -0.456 e. The molecule has 0 radical (unpaired) electrons. The zero-order chi connectivity index (χ0) is 37.6. The molecule has 0 unspecified atom stereocenters. The molecule has 1 aromatic heterocycles. The molecule has 0 saturated heterocycles. The lowest BCUT2D eigenvalue weighted by Crippen LogP contribution is -2.55. The third kappa shape index (κ3) is 4.39. The predicted molar refractivity (Wildman–Crippen MR) is 232 cm³/mol. The third-order valence-corrected chi connectivity index (χ3v) is 15.7. The van der Waals surface area contributed by atoms with Crippen LogP contribution in [0.5, 0.6) is 0 Å². The summed E-state index contributed by atoms with van der Waals surface area (Å²) in [4.78, 5) is 2.55. The van der Waals surface area contributed by atoms with Crippen molar-refractivity contribution in [2.45, 2.75) is 88.9 Å². The number of para-hydroxylation sites is 1. The van der Waals surface area contributed by atoms with E-state index in [2.05, 4.69) is 160 Å². The Morgan fingerprint density at radius 2 is 1.12 bits per heavy atom. The van der Waals surface area contributed by atoms with Crippen molar-refractivity contribution >= 4 is 39.0 Å². The molecule has 1 heterocycles. The highest BCUT2D eigenvalue weighted by Gasteiger charge is 2.61. The van der Waals surface area contributed by atoms with E-state index < -0.39 is 0 Å². The summed E-state index contributed by atoms with van der Waals surface area (Å²) in [7, 11) is 0. The fraction of sp³-hybridized carbons (Fsp3) is 0.333. The van der Waals surface area contributed by atoms with E-state index in [0.29, 0.717) is 0 Å². The Kier molecular flexibility index (Phi) is 6.80. The molecule has 0 aliphatic heterocycles. The Balaban J connectivity index is 1.05. The topological polar surface area (TPSA) is 16.4 Å². The zero-order valence-corrected chi connectivity index (χ0v) is 33.2. The first-order valence-corrected chi connectivity index (χ1v) is 21.4. The maximum atomic E-state index is 6.51. The molecule has 278 valence electrons. The largest absolute Gasteiger partial charge is 0.456 e. The van der Waals surface area contributed by atoms with Crippen molar-refractivity contribution in [2.75, 3.05) is 4.90 Å². The van der Waals surface area contributed by atoms with Crippen LogP contribution in [0.3, 0.4) is 0 Å². The molecule has 4 bridgehead atoms. The van der Waals surface area contributed by atoms with Gasteiger partial charge < -0.3 is 9.32 Å². The van der Waals surface area contributed by atoms with Gasteiger partial charge in [-0.3, -0.25) is 0 Å². The molecule has 0 N–H and O–H groups in total. The molecular weight excluding hydrogens is 679 g/mol. The van der Waals surface area contributed by atoms with Crippen LogP contribution in [0.1, 0.15) is 94.9 Å². The van der Waals surface area contributed by atoms with E-state index in [4.69, 9.17) is 4.42 Å². The van der Waals surface area contributed by atoms with Crippen molar-refractivity contribution in [3.05, 3.63) is 150 Å². The number of rotatable bonds is 4. The highest BCUT2D eigenvalue weighted by molar-refractivity contribution is 6.13. The molecule has 6 aromatic carbocycles. The summed E-state index contributed by atoms with van der Waals surface area (Å²) < 4.78 is 6.51. The van der Waals surface area contributed by atoms with Gasteiger partial charge in [-0.2, -0.15) is 0 Å². The maximum absolute atomic E-state index is 6.51. The second-order valence-electron chi connectivity index (χ2n) is 19.5. The Morgan fingerprint density at radius 1 is 0.518 bits per heavy atom. The Morgan fingerprint density at radius 3 is 1.93 bits per heavy atom. The van der Waals surface area contributed by atoms with Crippen molar-refractivity contribution in [1.82, 2.24) is 0 Å². The normalized spacial score (nSPS) is 26.1. The molecule has 6 aliphatic carbocycles. The average Bonchev–Trinajstić information content (AvgIpc) is 3.74. The average molecular weight is 730 g/mol. The van der Waals surface area contributed by atoms with E-state index in [1.165, 1.54) is 83.3 Å². The van der Waals surface area contributed by atoms with Crippen molar-refractivity contribution < 1.29 is 4.42 Å². The number of anilines is 3. The van der Waals surface area contributed by atoms with Gasteiger partial charge in [0.25, 0.3) is 0 Å². The van der Waals surface area contributed by atoms with E-state index in [9.17, 15) is 0 Å². The van der Waals surface area contributed by atoms with Crippen LogP contribution in [0.25, 0.3) is 44.2 Å². The highest BCUT2D eigenvalue weighted by atomic mass is 16.3. The van der Waals surface area contributed by atoms with Crippen molar-refractivity contribution in [2.24, 2.45) is 23.7 Å². The molecule has 2 heteroatoms. The van der Waals surface area contributed by atoms with E-state index in [1.54, 1.807) is 11.1 Å². The van der Waals surface area contributed by atoms with Crippen LogP contribution in [0.2, 0.25) is 0 Å². The van der Waals surface area contributed by atoms with Crippen LogP contribution in [-0.4, -0.2) is 0 Å². The van der Waals surface area contributed by atoms with Gasteiger partial charge in [0.2, 0.25) is 0 Å². The van der Waals surface area contributed by atoms with E-state index in [-0.39, 0.29) is 16.2 Å². The number of hydrogen-bond donors (Lipinski definition) is 0. The number of furan rings is 1. The summed E-state index contributed by atoms with van der Waals surface area (Å²) in [6, 6.07) is 48.5. The first kappa shape index (κ1) is 33.1. The fourth-order valence-corrected chi connectivity index (χ4v) is 13.5. The number of nitrogens with zero attached hydrogens (tertiary/aromatic N) is 1. The van der Waals surface area contributed by atoms with Crippen LogP contribution in [0, 0.1) is 23.7 Å². The van der Waals surface area contributed by atoms with Crippen LogP contribution < -0.4 is 4.90 Å². The maximum Gasteiger partial charge on any atom is 0.137 e. The monoisotopic (exact) mass is 729 g/mol. The standard InChI is InChI=1S/C54H51NO/c1-52(2)26-27-53(3,4)51-44(52)17-10-19-46(51)55(45-18-11-21-48-50(45)41-13-6-8-20-47(41)56-48)38-24-22-35(23-25-38)39-14-9-16-43-49(39)40-12-5-7-15-42(40)54(43)36-29-33-28-34(31-36)32-37(54)30-33/h5-25,33-34,36-37H,26-32H2,1-4H3. The lowest BCUT2D eigenvalue weighted by Gasteiger charge is -2.61. The molecule has 0 amide bonds. The van der Waals surface area contributed by atoms with Crippen LogP contribution in [0.15, 0.2) is 132 Å². The molecule has 2 nitrogen and oxygen atoms in total. The Bertz CT molecular complexity index is 2700. The van der Waals surface area contributed by atoms with Crippen LogP contribution >= 0.6 is 0 Å². The highest BCUT2D eigenvalue weighted by Crippen LogP contribution is 2.70. The lowest BCUT2D eigenvalue weighted by atomic mass is 9.43. The van der Waals surface area contributed by atoms with Gasteiger partial charge in [-0.25, -0.2) is 0 Å². The van der Waals surface area contributed by atoms with Crippen LogP contribution in [-0.2, 0) is 16.2 Å². The van der Waals surface area contributed by atoms with E-state index in [1.807, 2.05) is 0 Å². The van der Waals surface area contributed by atoms with Gasteiger partial charge >= 0.3 is 0 Å². The molecular formula is C54H51NO. The van der Waals surface area contributed by atoms with Crippen molar-refractivity contribution in [1.29, 1.82) is 0 Å². The molecule has 4 saturated carbocycles. The van der Waals surface area contributed by atoms with E-state index in [0.717, 1.165) is 57.7 Å². The van der Waals surface area contributed by atoms with Gasteiger partial charge in [0.1, 0.15) is 11.2 Å². The quantitative estimate of drug-likeness (QED) is 0.179. The summed E-state index contributed by atoms with van der Waals surface area (Å²) in [5, 5.41) is 2.32. The van der Waals surface area contributed by atoms with Gasteiger partial charge in [-0.05, 0) is 160 Å². The fourth-order valence-electron chi connectivity index (χ4n) is 13.5. The van der Waals surface area contributed by atoms with E-state index >= 15 is 0 Å². The molecule has 56 heavy (non-hydrogen) atoms. The summed E-state index contributed by atoms with van der Waals surface area (Å²) in [6.45, 7) is 9.75. The molecule has 6 aliphatic rings. The van der Waals surface area contributed by atoms with Gasteiger partial charge in [-0.15, -0.1) is 0 Å². The Labute approximate surface area is 331 Å². The number of hydrogen-bond acceptors (Lipinski definition) is 2. The van der Waals surface area contributed by atoms with Crippen molar-refractivity contribution in [3.63, 3.8) is 0 Å². The lowest BCUT2D eigenvalue weighted by molar-refractivity contribution is -0.0399. The molecule has 4 fully saturated rings. The summed E-state index contributed by atoms with van der Waals surface area (Å²) in [5.41, 5.74) is 17.6. The second-order valence-corrected chi connectivity index (χ2v) is 19.5. The molecule has 0 atom stereocenters. The van der Waals surface area contributed by atoms with Crippen LogP contribution in [0.4, 0.5) is 17.1 Å². The SMILES string of the molecule is CC1(C)CCC(C)(C)c2c(N(c3ccc(-c4cccc5c4-c4ccccc4C54C5CC6CC(C5)CC4C6)cc3)c3cccc4oc5ccccc5c34)cccc21. The minimum absolute atomic E-state index is 0.0257. The van der Waals surface area contributed by atoms with Gasteiger partial charge in [0.05, 0.1) is 16.8 Å². The minimum atomic E-state index is 0.0257.